The molecule has 68 valence electrons. The largest absolute Gasteiger partial charge is 0.0547 e. The molecule has 0 aromatic heterocycles. The number of hydrogen-bond acceptors (Lipinski definition) is 0. The van der Waals surface area contributed by atoms with Crippen molar-refractivity contribution in [3.05, 3.63) is 38.3 Å². The summed E-state index contributed by atoms with van der Waals surface area (Å²) < 4.78 is 2.41. The minimum Gasteiger partial charge on any atom is -0.0547 e. The molecule has 0 atom stereocenters. The Balaban J connectivity index is 2.65. The molecule has 0 N–H and O–H groups in total. The molecule has 0 heterocycles. The van der Waals surface area contributed by atoms with Crippen molar-refractivity contribution in [1.82, 2.24) is 0 Å². The lowest BCUT2D eigenvalue weighted by atomic mass is 9.87. The fourth-order valence-corrected chi connectivity index (χ4v) is 2.46. The zero-order valence-corrected chi connectivity index (χ0v) is 10.7. The van der Waals surface area contributed by atoms with Gasteiger partial charge in [0.25, 0.3) is 0 Å². The first kappa shape index (κ1) is 9.47. The fourth-order valence-electron chi connectivity index (χ4n) is 1.64. The Morgan fingerprint density at radius 1 is 1.15 bits per heavy atom. The van der Waals surface area contributed by atoms with E-state index in [4.69, 9.17) is 0 Å². The minimum absolute atomic E-state index is 0.124. The average Bonchev–Trinajstić information content (AvgIpc) is 2.27. The summed E-state index contributed by atoms with van der Waals surface area (Å²) >= 11 is 7.11. The summed E-state index contributed by atoms with van der Waals surface area (Å²) in [6.07, 6.45) is 2.20. The van der Waals surface area contributed by atoms with E-state index in [1.165, 1.54) is 15.6 Å². The van der Waals surface area contributed by atoms with Gasteiger partial charge >= 0.3 is 0 Å². The van der Waals surface area contributed by atoms with Crippen molar-refractivity contribution in [2.75, 3.05) is 0 Å². The first-order valence-corrected chi connectivity index (χ1v) is 5.78. The van der Waals surface area contributed by atoms with Crippen molar-refractivity contribution in [1.29, 1.82) is 0 Å². The van der Waals surface area contributed by atoms with E-state index in [1.54, 1.807) is 0 Å². The van der Waals surface area contributed by atoms with Gasteiger partial charge in [0.05, 0.1) is 0 Å². The smallest absolute Gasteiger partial charge is 0.0219 e. The summed E-state index contributed by atoms with van der Waals surface area (Å²) in [4.78, 5) is 0. The van der Waals surface area contributed by atoms with Gasteiger partial charge in [-0.25, -0.2) is 0 Å². The second-order valence-corrected chi connectivity index (χ2v) is 5.62. The maximum absolute atomic E-state index is 3.61. The van der Waals surface area contributed by atoms with Gasteiger partial charge in [0.2, 0.25) is 0 Å². The Kier molecular flexibility index (Phi) is 2.16. The maximum atomic E-state index is 3.61. The van der Waals surface area contributed by atoms with Crippen LogP contribution in [-0.2, 0) is 5.41 Å². The van der Waals surface area contributed by atoms with E-state index in [9.17, 15) is 0 Å². The fraction of sp³-hybridized carbons (Fsp3) is 0.273. The van der Waals surface area contributed by atoms with E-state index < -0.39 is 0 Å². The molecule has 2 rings (SSSR count). The number of rotatable bonds is 0. The van der Waals surface area contributed by atoms with Crippen molar-refractivity contribution in [3.8, 4) is 0 Å². The van der Waals surface area contributed by atoms with Crippen LogP contribution in [-0.4, -0.2) is 0 Å². The third-order valence-electron chi connectivity index (χ3n) is 2.57. The molecule has 13 heavy (non-hydrogen) atoms. The Labute approximate surface area is 95.3 Å². The predicted octanol–water partition coefficient (Wildman–Crippen LogP) is 4.48. The topological polar surface area (TPSA) is 0 Å². The lowest BCUT2D eigenvalue weighted by Gasteiger charge is -2.21. The molecule has 1 aromatic carbocycles. The van der Waals surface area contributed by atoms with Crippen LogP contribution in [0.2, 0.25) is 0 Å². The van der Waals surface area contributed by atoms with Crippen LogP contribution in [0.15, 0.2) is 27.2 Å². The summed E-state index contributed by atoms with van der Waals surface area (Å²) in [7, 11) is 0. The lowest BCUT2D eigenvalue weighted by molar-refractivity contribution is 0.674. The van der Waals surface area contributed by atoms with Crippen LogP contribution in [0, 0.1) is 0 Å². The van der Waals surface area contributed by atoms with Crippen molar-refractivity contribution >= 4 is 37.9 Å². The average molecular weight is 302 g/mol. The van der Waals surface area contributed by atoms with Gasteiger partial charge in [0, 0.05) is 14.4 Å². The zero-order chi connectivity index (χ0) is 9.64. The minimum atomic E-state index is 0.124. The van der Waals surface area contributed by atoms with Gasteiger partial charge in [0.1, 0.15) is 0 Å². The van der Waals surface area contributed by atoms with Gasteiger partial charge in [-0.3, -0.25) is 0 Å². The van der Waals surface area contributed by atoms with Crippen LogP contribution < -0.4 is 0 Å². The van der Waals surface area contributed by atoms with Crippen molar-refractivity contribution in [2.45, 2.75) is 19.3 Å². The molecular weight excluding hydrogens is 292 g/mol. The summed E-state index contributed by atoms with van der Waals surface area (Å²) in [5, 5.41) is 0. The van der Waals surface area contributed by atoms with E-state index in [-0.39, 0.29) is 5.41 Å². The van der Waals surface area contributed by atoms with Gasteiger partial charge in [-0.05, 0) is 29.3 Å². The normalized spacial score (nSPS) is 18.3. The molecule has 0 unspecified atom stereocenters. The first-order valence-electron chi connectivity index (χ1n) is 4.19. The highest BCUT2D eigenvalue weighted by atomic mass is 79.9. The van der Waals surface area contributed by atoms with E-state index in [1.807, 2.05) is 0 Å². The molecule has 0 saturated carbocycles. The molecule has 0 radical (unpaired) electrons. The van der Waals surface area contributed by atoms with Crippen molar-refractivity contribution in [2.24, 2.45) is 0 Å². The molecule has 2 heteroatoms. The molecule has 0 fully saturated rings. The molecule has 1 aliphatic rings. The number of fused-ring (bicyclic) bond motifs is 1. The Morgan fingerprint density at radius 2 is 1.85 bits per heavy atom. The quantitative estimate of drug-likeness (QED) is 0.663. The Bertz CT molecular complexity index is 389. The molecule has 0 bridgehead atoms. The van der Waals surface area contributed by atoms with E-state index in [0.29, 0.717) is 0 Å². The maximum Gasteiger partial charge on any atom is 0.0219 e. The van der Waals surface area contributed by atoms with Crippen LogP contribution >= 0.6 is 31.9 Å². The van der Waals surface area contributed by atoms with E-state index in [0.717, 1.165) is 4.47 Å². The third-order valence-corrected chi connectivity index (χ3v) is 4.28. The molecular formula is C11H10Br2. The zero-order valence-electron chi connectivity index (χ0n) is 7.57. The van der Waals surface area contributed by atoms with E-state index >= 15 is 0 Å². The molecule has 0 spiro atoms. The predicted molar refractivity (Wildman–Crippen MR) is 64.1 cm³/mol. The van der Waals surface area contributed by atoms with Gasteiger partial charge in [-0.2, -0.15) is 0 Å². The van der Waals surface area contributed by atoms with Crippen molar-refractivity contribution in [3.63, 3.8) is 0 Å². The highest BCUT2D eigenvalue weighted by molar-refractivity contribution is 9.12. The standard InChI is InChI=1S/C11H10Br2/c1-11(2)9-6-8(12)4-3-7(9)5-10(11)13/h3-6H,1-2H3. The second-order valence-electron chi connectivity index (χ2n) is 3.85. The SMILES string of the molecule is CC1(C)C(Br)=Cc2ccc(Br)cc21. The molecule has 1 aromatic rings. The summed E-state index contributed by atoms with van der Waals surface area (Å²) in [5.74, 6) is 0. The Morgan fingerprint density at radius 3 is 2.54 bits per heavy atom. The highest BCUT2D eigenvalue weighted by Gasteiger charge is 2.31. The lowest BCUT2D eigenvalue weighted by Crippen LogP contribution is -2.13. The number of halogens is 2. The molecule has 0 amide bonds. The molecule has 0 nitrogen and oxygen atoms in total. The summed E-state index contributed by atoms with van der Waals surface area (Å²) in [6, 6.07) is 6.42. The summed E-state index contributed by atoms with van der Waals surface area (Å²) in [6.45, 7) is 4.46. The van der Waals surface area contributed by atoms with Gasteiger partial charge in [-0.15, -0.1) is 0 Å². The second kappa shape index (κ2) is 2.96. The van der Waals surface area contributed by atoms with Crippen LogP contribution in [0.4, 0.5) is 0 Å². The van der Waals surface area contributed by atoms with Crippen LogP contribution in [0.5, 0.6) is 0 Å². The molecule has 1 aliphatic carbocycles. The van der Waals surface area contributed by atoms with E-state index in [2.05, 4.69) is 70.0 Å². The number of benzene rings is 1. The number of allylic oxidation sites excluding steroid dienone is 1. The first-order chi connectivity index (χ1) is 6.01. The van der Waals surface area contributed by atoms with Gasteiger partial charge in [-0.1, -0.05) is 51.8 Å². The molecule has 0 aliphatic heterocycles. The summed E-state index contributed by atoms with van der Waals surface area (Å²) in [5.41, 5.74) is 2.83. The van der Waals surface area contributed by atoms with Gasteiger partial charge < -0.3 is 0 Å². The third kappa shape index (κ3) is 1.40. The van der Waals surface area contributed by atoms with Gasteiger partial charge in [0.15, 0.2) is 0 Å². The highest BCUT2D eigenvalue weighted by Crippen LogP contribution is 2.44. The van der Waals surface area contributed by atoms with Crippen molar-refractivity contribution < 1.29 is 0 Å². The molecule has 0 saturated heterocycles. The Hall–Kier alpha value is -0.0800. The van der Waals surface area contributed by atoms with Crippen LogP contribution in [0.25, 0.3) is 6.08 Å². The number of hydrogen-bond donors (Lipinski definition) is 0. The monoisotopic (exact) mass is 300 g/mol. The van der Waals surface area contributed by atoms with Crippen LogP contribution in [0.3, 0.4) is 0 Å². The van der Waals surface area contributed by atoms with Crippen LogP contribution in [0.1, 0.15) is 25.0 Å².